The summed E-state index contributed by atoms with van der Waals surface area (Å²) in [6, 6.07) is 13.6. The van der Waals surface area contributed by atoms with Crippen molar-refractivity contribution < 1.29 is 4.79 Å². The van der Waals surface area contributed by atoms with Gasteiger partial charge in [-0.3, -0.25) is 18.3 Å². The SMILES string of the molecule is Nc1ncc(-c2ccc(CCNI)cc2)nc1C(=O)Nc1cnccc1-c1ccncc1. The van der Waals surface area contributed by atoms with Crippen molar-refractivity contribution in [3.8, 4) is 22.4 Å². The number of carbonyl (C=O) groups is 1. The molecule has 9 heteroatoms. The minimum absolute atomic E-state index is 0.0604. The summed E-state index contributed by atoms with van der Waals surface area (Å²) in [7, 11) is 0. The van der Waals surface area contributed by atoms with Gasteiger partial charge < -0.3 is 11.1 Å². The van der Waals surface area contributed by atoms with Crippen LogP contribution in [0.3, 0.4) is 0 Å². The molecule has 1 aromatic carbocycles. The molecule has 0 radical (unpaired) electrons. The molecule has 32 heavy (non-hydrogen) atoms. The minimum atomic E-state index is -0.454. The van der Waals surface area contributed by atoms with Gasteiger partial charge in [0.25, 0.3) is 5.91 Å². The Kier molecular flexibility index (Phi) is 6.97. The van der Waals surface area contributed by atoms with Crippen LogP contribution in [0.5, 0.6) is 0 Å². The number of nitrogen functional groups attached to an aromatic ring is 1. The number of halogens is 1. The van der Waals surface area contributed by atoms with Crippen molar-refractivity contribution in [1.29, 1.82) is 0 Å². The van der Waals surface area contributed by atoms with E-state index in [2.05, 4.69) is 51.6 Å². The smallest absolute Gasteiger partial charge is 0.278 e. The molecule has 3 aromatic heterocycles. The maximum atomic E-state index is 13.0. The number of aromatic nitrogens is 4. The van der Waals surface area contributed by atoms with Crippen molar-refractivity contribution >= 4 is 40.3 Å². The summed E-state index contributed by atoms with van der Waals surface area (Å²) in [6.07, 6.45) is 9.13. The number of nitrogens with two attached hydrogens (primary N) is 1. The molecule has 0 saturated heterocycles. The van der Waals surface area contributed by atoms with Gasteiger partial charge in [0.2, 0.25) is 0 Å². The van der Waals surface area contributed by atoms with Crippen molar-refractivity contribution in [2.24, 2.45) is 0 Å². The number of carbonyl (C=O) groups excluding carboxylic acids is 1. The van der Waals surface area contributed by atoms with Crippen LogP contribution in [0.1, 0.15) is 16.1 Å². The number of nitrogens with one attached hydrogen (secondary N) is 2. The van der Waals surface area contributed by atoms with E-state index in [0.29, 0.717) is 11.4 Å². The molecule has 0 spiro atoms. The first-order chi connectivity index (χ1) is 15.7. The van der Waals surface area contributed by atoms with E-state index in [-0.39, 0.29) is 11.5 Å². The van der Waals surface area contributed by atoms with Crippen molar-refractivity contribution in [2.45, 2.75) is 6.42 Å². The molecule has 0 aliphatic carbocycles. The molecule has 4 rings (SSSR count). The number of anilines is 2. The lowest BCUT2D eigenvalue weighted by atomic mass is 10.1. The number of benzene rings is 1. The Morgan fingerprint density at radius 2 is 1.69 bits per heavy atom. The lowest BCUT2D eigenvalue weighted by Crippen LogP contribution is -2.18. The molecule has 4 aromatic rings. The van der Waals surface area contributed by atoms with Gasteiger partial charge in [-0.05, 0) is 35.7 Å². The summed E-state index contributed by atoms with van der Waals surface area (Å²) >= 11 is 2.13. The van der Waals surface area contributed by atoms with Gasteiger partial charge >= 0.3 is 0 Å². The fourth-order valence-corrected chi connectivity index (χ4v) is 3.47. The van der Waals surface area contributed by atoms with E-state index >= 15 is 0 Å². The first-order valence-electron chi connectivity index (χ1n) is 9.87. The summed E-state index contributed by atoms with van der Waals surface area (Å²) in [6.45, 7) is 0.891. The van der Waals surface area contributed by atoms with Crippen LogP contribution in [-0.4, -0.2) is 32.4 Å². The van der Waals surface area contributed by atoms with Crippen LogP contribution in [0.4, 0.5) is 11.5 Å². The Balaban J connectivity index is 1.59. The number of nitrogens with zero attached hydrogens (tertiary/aromatic N) is 4. The summed E-state index contributed by atoms with van der Waals surface area (Å²) in [5, 5.41) is 2.87. The first-order valence-corrected chi connectivity index (χ1v) is 10.9. The first kappa shape index (κ1) is 21.8. The zero-order chi connectivity index (χ0) is 22.3. The molecule has 0 aliphatic heterocycles. The number of pyridine rings is 2. The summed E-state index contributed by atoms with van der Waals surface area (Å²) in [4.78, 5) is 29.9. The molecule has 0 unspecified atom stereocenters. The summed E-state index contributed by atoms with van der Waals surface area (Å²) < 4.78 is 3.10. The fraction of sp³-hybridized carbons (Fsp3) is 0.0870. The highest BCUT2D eigenvalue weighted by atomic mass is 127. The maximum Gasteiger partial charge on any atom is 0.278 e. The van der Waals surface area contributed by atoms with Gasteiger partial charge in [0, 0.05) is 59.1 Å². The van der Waals surface area contributed by atoms with Gasteiger partial charge in [-0.2, -0.15) is 0 Å². The largest absolute Gasteiger partial charge is 0.382 e. The zero-order valence-electron chi connectivity index (χ0n) is 17.0. The van der Waals surface area contributed by atoms with Crippen LogP contribution in [-0.2, 0) is 6.42 Å². The molecule has 0 aliphatic rings. The second-order valence-corrected chi connectivity index (χ2v) is 7.69. The second kappa shape index (κ2) is 10.2. The van der Waals surface area contributed by atoms with E-state index in [1.165, 1.54) is 5.56 Å². The van der Waals surface area contributed by atoms with Gasteiger partial charge in [-0.1, -0.05) is 24.3 Å². The zero-order valence-corrected chi connectivity index (χ0v) is 19.2. The lowest BCUT2D eigenvalue weighted by molar-refractivity contribution is 0.102. The predicted molar refractivity (Wildman–Crippen MR) is 133 cm³/mol. The third kappa shape index (κ3) is 5.06. The highest BCUT2D eigenvalue weighted by Crippen LogP contribution is 2.27. The number of amides is 1. The van der Waals surface area contributed by atoms with Crippen molar-refractivity contribution in [2.75, 3.05) is 17.6 Å². The normalized spacial score (nSPS) is 10.7. The van der Waals surface area contributed by atoms with Crippen LogP contribution in [0, 0.1) is 0 Å². The standard InChI is InChI=1S/C23H20IN7O/c24-29-12-5-15-1-3-17(4-2-15)19-14-28-22(25)21(30-19)23(32)31-20-13-27-11-8-18(20)16-6-9-26-10-7-16/h1-4,6-11,13-14,29H,5,12H2,(H2,25,28)(H,31,32). The highest BCUT2D eigenvalue weighted by Gasteiger charge is 2.17. The van der Waals surface area contributed by atoms with Crippen LogP contribution in [0.2, 0.25) is 0 Å². The molecule has 8 nitrogen and oxygen atoms in total. The van der Waals surface area contributed by atoms with E-state index in [4.69, 9.17) is 5.73 Å². The van der Waals surface area contributed by atoms with Crippen molar-refractivity contribution in [3.05, 3.63) is 84.7 Å². The Bertz CT molecular complexity index is 1220. The monoisotopic (exact) mass is 537 g/mol. The maximum absolute atomic E-state index is 13.0. The Morgan fingerprint density at radius 1 is 0.938 bits per heavy atom. The quantitative estimate of drug-likeness (QED) is 0.242. The number of hydrogen-bond acceptors (Lipinski definition) is 7. The molecule has 160 valence electrons. The number of hydrogen-bond donors (Lipinski definition) is 3. The van der Waals surface area contributed by atoms with Gasteiger partial charge in [0.05, 0.1) is 23.8 Å². The van der Waals surface area contributed by atoms with Crippen LogP contribution in [0.25, 0.3) is 22.4 Å². The average molecular weight is 537 g/mol. The van der Waals surface area contributed by atoms with E-state index < -0.39 is 5.91 Å². The fourth-order valence-electron chi connectivity index (χ4n) is 3.20. The summed E-state index contributed by atoms with van der Waals surface area (Å²) in [5.74, 6) is -0.393. The molecule has 4 N–H and O–H groups in total. The Labute approximate surface area is 199 Å². The van der Waals surface area contributed by atoms with Crippen LogP contribution in [0.15, 0.2) is 73.4 Å². The van der Waals surface area contributed by atoms with Gasteiger partial charge in [-0.25, -0.2) is 9.97 Å². The van der Waals surface area contributed by atoms with Crippen LogP contribution >= 0.6 is 22.9 Å². The molecule has 0 fully saturated rings. The van der Waals surface area contributed by atoms with E-state index in [1.54, 1.807) is 31.0 Å². The molecular weight excluding hydrogens is 517 g/mol. The van der Waals surface area contributed by atoms with E-state index in [0.717, 1.165) is 29.7 Å². The Hall–Kier alpha value is -3.44. The van der Waals surface area contributed by atoms with Gasteiger partial charge in [-0.15, -0.1) is 0 Å². The molecule has 3 heterocycles. The van der Waals surface area contributed by atoms with E-state index in [9.17, 15) is 4.79 Å². The van der Waals surface area contributed by atoms with Crippen LogP contribution < -0.4 is 14.6 Å². The predicted octanol–water partition coefficient (Wildman–Crippen LogP) is 3.92. The summed E-state index contributed by atoms with van der Waals surface area (Å²) in [5.41, 5.74) is 10.9. The molecule has 0 saturated carbocycles. The average Bonchev–Trinajstić information content (AvgIpc) is 2.84. The van der Waals surface area contributed by atoms with Gasteiger partial charge in [0.1, 0.15) is 0 Å². The lowest BCUT2D eigenvalue weighted by Gasteiger charge is -2.12. The topological polar surface area (TPSA) is 119 Å². The minimum Gasteiger partial charge on any atom is -0.382 e. The van der Waals surface area contributed by atoms with Crippen molar-refractivity contribution in [3.63, 3.8) is 0 Å². The van der Waals surface area contributed by atoms with E-state index in [1.807, 2.05) is 42.5 Å². The highest BCUT2D eigenvalue weighted by molar-refractivity contribution is 14.1. The third-order valence-electron chi connectivity index (χ3n) is 4.83. The third-order valence-corrected chi connectivity index (χ3v) is 5.37. The molecule has 0 atom stereocenters. The molecular formula is C23H20IN7O. The second-order valence-electron chi connectivity index (χ2n) is 6.93. The molecule has 0 bridgehead atoms. The molecule has 1 amide bonds. The van der Waals surface area contributed by atoms with Gasteiger partial charge in [0.15, 0.2) is 11.5 Å². The Morgan fingerprint density at radius 3 is 2.44 bits per heavy atom. The number of rotatable bonds is 7. The van der Waals surface area contributed by atoms with Crippen molar-refractivity contribution in [1.82, 2.24) is 23.5 Å².